The van der Waals surface area contributed by atoms with Crippen LogP contribution in [0, 0.1) is 38.4 Å². The van der Waals surface area contributed by atoms with Crippen molar-refractivity contribution in [3.05, 3.63) is 124 Å². The Kier molecular flexibility index (Phi) is 45.6. The molecular formula is C62H89I9N6O4V2-. The van der Waals surface area contributed by atoms with Crippen LogP contribution >= 0.6 is 195 Å². The van der Waals surface area contributed by atoms with E-state index in [1.165, 1.54) is 106 Å². The number of imide groups is 2. The molecule has 6 atom stereocenters. The fourth-order valence-corrected chi connectivity index (χ4v) is 10.2. The van der Waals surface area contributed by atoms with Gasteiger partial charge in [0, 0.05) is 62.8 Å². The number of likely N-dealkylation sites (tertiary alicyclic amines) is 3. The number of hydrazone groups is 1. The minimum atomic E-state index is -0.278. The maximum absolute atomic E-state index is 12.4. The van der Waals surface area contributed by atoms with Crippen LogP contribution in [0.25, 0.3) is 0 Å². The van der Waals surface area contributed by atoms with Crippen LogP contribution in [0.3, 0.4) is 0 Å². The zero-order valence-electron chi connectivity index (χ0n) is 49.5. The van der Waals surface area contributed by atoms with Gasteiger partial charge in [-0.3, -0.25) is 38.3 Å². The third kappa shape index (κ3) is 33.5. The van der Waals surface area contributed by atoms with Gasteiger partial charge < -0.3 is 33.8 Å². The van der Waals surface area contributed by atoms with Gasteiger partial charge in [0.1, 0.15) is -0.565 Å². The van der Waals surface area contributed by atoms with Crippen LogP contribution in [0.2, 0.25) is 0 Å². The number of nitrogens with zero attached hydrogens (tertiary/aromatic N) is 4. The second-order valence-electron chi connectivity index (χ2n) is 21.9. The summed E-state index contributed by atoms with van der Waals surface area (Å²) in [7, 11) is 0. The predicted molar refractivity (Wildman–Crippen MR) is 420 cm³/mol. The second-order valence-corrected chi connectivity index (χ2v) is 75.2. The summed E-state index contributed by atoms with van der Waals surface area (Å²) in [5.74, 6) is 6.72. The molecule has 83 heavy (non-hydrogen) atoms. The number of nitrogens with two attached hydrogens (primary N) is 1. The van der Waals surface area contributed by atoms with Crippen molar-refractivity contribution in [3.63, 3.8) is 0 Å². The summed E-state index contributed by atoms with van der Waals surface area (Å²) in [6.07, 6.45) is 17.0. The number of hydrogen-bond donors (Lipinski definition) is 2. The van der Waals surface area contributed by atoms with Gasteiger partial charge in [0.15, 0.2) is 0 Å². The van der Waals surface area contributed by atoms with Crippen molar-refractivity contribution in [2.45, 2.75) is 159 Å². The Bertz CT molecular complexity index is 2350. The van der Waals surface area contributed by atoms with Crippen LogP contribution in [0.15, 0.2) is 108 Å². The van der Waals surface area contributed by atoms with Gasteiger partial charge in [0.2, 0.25) is 17.7 Å². The van der Waals surface area contributed by atoms with Gasteiger partial charge >= 0.3 is 64.9 Å². The molecular weight excluding hydrogens is 2140 g/mol. The molecule has 7 fully saturated rings. The smallest absolute Gasteiger partial charge is 0 e. The van der Waals surface area contributed by atoms with Gasteiger partial charge in [-0.2, -0.15) is 11.5 Å². The molecule has 3 N–H and O–H groups in total. The summed E-state index contributed by atoms with van der Waals surface area (Å²) in [6.45, 7) is 25.9. The van der Waals surface area contributed by atoms with E-state index in [0.29, 0.717) is 48.7 Å². The van der Waals surface area contributed by atoms with E-state index in [1.807, 2.05) is 60.7 Å². The first-order valence-electron chi connectivity index (χ1n) is 28.5. The van der Waals surface area contributed by atoms with E-state index in [9.17, 15) is 19.2 Å². The van der Waals surface area contributed by atoms with E-state index in [4.69, 9.17) is 0 Å². The van der Waals surface area contributed by atoms with Gasteiger partial charge in [0.25, 0.3) is 5.91 Å². The maximum atomic E-state index is 12.4. The zero-order chi connectivity index (χ0) is 61.5. The molecule has 3 aromatic rings. The number of carbonyl (C=O) groups is 4. The fourth-order valence-electron chi connectivity index (χ4n) is 10.2. The summed E-state index contributed by atoms with van der Waals surface area (Å²) >= 11 is 21.6. The monoisotopic (exact) mass is 2230 g/mol. The van der Waals surface area contributed by atoms with Crippen LogP contribution in [-0.4, -0.2) is 72.1 Å². The van der Waals surface area contributed by atoms with E-state index in [0.717, 1.165) is 49.7 Å². The van der Waals surface area contributed by atoms with E-state index >= 15 is 0 Å². The number of carbonyl (C=O) groups excluding carboxylic acids is 4. The quantitative estimate of drug-likeness (QED) is 0.0319. The minimum absolute atomic E-state index is 0. The van der Waals surface area contributed by atoms with Gasteiger partial charge in [-0.1, -0.05) is 252 Å². The first kappa shape index (κ1) is 83.8. The topological polar surface area (TPSA) is 128 Å². The van der Waals surface area contributed by atoms with Gasteiger partial charge in [-0.05, 0) is 136 Å². The number of benzene rings is 3. The third-order valence-electron chi connectivity index (χ3n) is 15.7. The van der Waals surface area contributed by atoms with Crippen LogP contribution in [-0.2, 0) is 62.3 Å². The van der Waals surface area contributed by atoms with E-state index < -0.39 is 0 Å². The van der Waals surface area contributed by atoms with Crippen molar-refractivity contribution < 1.29 is 42.7 Å². The molecule has 10 nitrogen and oxygen atoms in total. The van der Waals surface area contributed by atoms with E-state index in [-0.39, 0.29) is 52.5 Å². The van der Waals surface area contributed by atoms with E-state index in [1.54, 1.807) is 6.92 Å². The number of nitrogens with one attached hydrogen (secondary N) is 1. The summed E-state index contributed by atoms with van der Waals surface area (Å²) in [5.41, 5.74) is 5.25. The van der Waals surface area contributed by atoms with Gasteiger partial charge in [0.05, 0.1) is 20.4 Å². The molecule has 4 aliphatic heterocycles. The van der Waals surface area contributed by atoms with Crippen molar-refractivity contribution in [2.24, 2.45) is 44.9 Å². The maximum Gasteiger partial charge on any atom is 0 e. The zero-order valence-corrected chi connectivity index (χ0v) is 71.7. The summed E-state index contributed by atoms with van der Waals surface area (Å²) in [5, 5.41) is 6.58. The Morgan fingerprint density at radius 3 is 1.49 bits per heavy atom. The third-order valence-corrected chi connectivity index (χ3v) is 20.6. The number of hydrogen-bond acceptors (Lipinski definition) is 8. The number of rotatable bonds is 9. The molecule has 4 saturated heterocycles. The predicted octanol–water partition coefficient (Wildman–Crippen LogP) is 19.5. The Hall–Kier alpha value is 2.81. The Morgan fingerprint density at radius 2 is 1.14 bits per heavy atom. The molecule has 0 bridgehead atoms. The van der Waals surface area contributed by atoms with Crippen molar-refractivity contribution in [2.75, 3.05) is 26.2 Å². The van der Waals surface area contributed by atoms with Crippen molar-refractivity contribution in [1.82, 2.24) is 20.0 Å². The average molecular weight is 2230 g/mol. The average Bonchev–Trinajstić information content (AvgIpc) is 3.69. The molecule has 465 valence electrons. The molecule has 0 aromatic heterocycles. The molecule has 3 aliphatic carbocycles. The Labute approximate surface area is 632 Å². The SMILES string of the molecule is C/C=N/N.C=C1CCC(=O)N(Cc2ccccc2)C1=O.CC1CC12CCC(=O)N(Cc1ccccc1)C2=O.CC1CC12CCCN(Cc1ccccc1)C2.CC1CC12CCCNC2.CCC(I)(I)I.CCC(I)I.CC[CH-]I.[I][V]([I])[I].[V]. The number of amides is 4. The molecule has 4 heterocycles. The standard InChI is InChI=1S/C15H17NO2.C15H21N.C13H13NO2.C8H15N.C3H5I3.C3H6I2.C3H6I.C2H6N2.3HI.2V/c1-11-9-15(11)8-7-13(17)16(14(15)18)10-12-5-3-2-4-6-12;1-13-10-15(13)8-5-9-16(12-15)11-14-6-3-2-4-7-14;1-10-7-8-12(15)14(13(10)16)9-11-5-3-2-4-6-11;1-7-5-8(7)3-2-4-9-6-8;1-2-3(4,5)6;1-2-3(4)5;1-2-3-4;1-2-4-3;;;;;/h2-6,11H,7-10H2,1H3;2-4,6-7,13H,5,8-12H2,1H3;2-6H,1,7-9H2;7,9H,2-6H2,1H3;2H2,1H3;3H,2H2,1H3;3H,2H2,1H3;2H,3H2,1H3;3*1H;;/q;;;;;;-1;;;;;;+3/p-3/b;;;;;;;4-2+;;;;;. The van der Waals surface area contributed by atoms with Gasteiger partial charge in [-0.25, -0.2) is 0 Å². The summed E-state index contributed by atoms with van der Waals surface area (Å²) < 4.78 is 3.37. The first-order valence-corrected chi connectivity index (χ1v) is 49.0. The first-order chi connectivity index (χ1) is 38.8. The second kappa shape index (κ2) is 45.2. The summed E-state index contributed by atoms with van der Waals surface area (Å²) in [4.78, 5) is 52.9. The molecule has 3 saturated carbocycles. The molecule has 7 aliphatic rings. The molecule has 21 heteroatoms. The fraction of sp³-hybridized carbons (Fsp3) is 0.581. The molecule has 10 rings (SSSR count). The number of halogens is 9. The van der Waals surface area contributed by atoms with Gasteiger partial charge in [-0.15, -0.1) is 0 Å². The molecule has 4 amide bonds. The van der Waals surface area contributed by atoms with E-state index in [2.05, 4.69) is 300 Å². The molecule has 3 spiro atoms. The van der Waals surface area contributed by atoms with Crippen LogP contribution in [0.1, 0.15) is 155 Å². The van der Waals surface area contributed by atoms with Crippen molar-refractivity contribution in [3.8, 4) is 0 Å². The summed E-state index contributed by atoms with van der Waals surface area (Å²) in [6, 6.07) is 30.1. The van der Waals surface area contributed by atoms with Crippen LogP contribution < -0.4 is 11.2 Å². The minimum Gasteiger partial charge on any atom is 0 e. The Balaban J connectivity index is 0.000000496. The molecule has 6 unspecified atom stereocenters. The van der Waals surface area contributed by atoms with Crippen molar-refractivity contribution in [1.29, 1.82) is 0 Å². The Morgan fingerprint density at radius 1 is 0.735 bits per heavy atom. The van der Waals surface area contributed by atoms with Crippen LogP contribution in [0.5, 0.6) is 0 Å². The number of alkyl halides is 5. The normalized spacial score (nSPS) is 24.6. The largest absolute Gasteiger partial charge is 0 e. The van der Waals surface area contributed by atoms with Crippen molar-refractivity contribution >= 4 is 225 Å². The molecule has 1 radical (unpaired) electrons. The molecule has 3 aromatic carbocycles. The van der Waals surface area contributed by atoms with Crippen LogP contribution in [0.4, 0.5) is 0 Å². The number of piperidine rings is 4.